The molecule has 1 aromatic rings. The largest absolute Gasteiger partial charge is 0.356 e. The van der Waals surface area contributed by atoms with Crippen molar-refractivity contribution in [3.8, 4) is 0 Å². The van der Waals surface area contributed by atoms with Crippen molar-refractivity contribution in [1.82, 2.24) is 15.5 Å². The number of aliphatic imine (C=N–C) groups is 1. The number of nitrogens with zero attached hydrogens (tertiary/aromatic N) is 2. The van der Waals surface area contributed by atoms with E-state index in [1.54, 1.807) is 19.2 Å². The van der Waals surface area contributed by atoms with Crippen LogP contribution in [0.2, 0.25) is 0 Å². The van der Waals surface area contributed by atoms with Crippen LogP contribution in [0.3, 0.4) is 0 Å². The number of carbonyl (C=O) groups is 1. The molecule has 1 aromatic carbocycles. The van der Waals surface area contributed by atoms with E-state index in [2.05, 4.69) is 31.6 Å². The molecule has 0 saturated carbocycles. The Morgan fingerprint density at radius 1 is 1.48 bits per heavy atom. The molecule has 1 fully saturated rings. The molecule has 0 bridgehead atoms. The maximum atomic E-state index is 13.2. The van der Waals surface area contributed by atoms with Gasteiger partial charge in [-0.3, -0.25) is 9.79 Å². The zero-order chi connectivity index (χ0) is 18.4. The van der Waals surface area contributed by atoms with Gasteiger partial charge in [-0.2, -0.15) is 0 Å². The molecule has 0 spiro atoms. The molecule has 1 atom stereocenters. The minimum absolute atomic E-state index is 0.0335. The summed E-state index contributed by atoms with van der Waals surface area (Å²) >= 11 is 3.20. The highest BCUT2D eigenvalue weighted by atomic mass is 79.9. The first-order valence-electron chi connectivity index (χ1n) is 8.60. The summed E-state index contributed by atoms with van der Waals surface area (Å²) in [6.45, 7) is 6.05. The summed E-state index contributed by atoms with van der Waals surface area (Å²) in [4.78, 5) is 18.2. The molecule has 1 saturated heterocycles. The van der Waals surface area contributed by atoms with Crippen molar-refractivity contribution in [3.05, 3.63) is 34.1 Å². The van der Waals surface area contributed by atoms with Crippen LogP contribution in [-0.4, -0.2) is 49.5 Å². The van der Waals surface area contributed by atoms with E-state index in [4.69, 9.17) is 0 Å². The Morgan fingerprint density at radius 2 is 2.24 bits per heavy atom. The predicted octanol–water partition coefficient (Wildman–Crippen LogP) is 2.55. The van der Waals surface area contributed by atoms with Crippen molar-refractivity contribution in [1.29, 1.82) is 0 Å². The van der Waals surface area contributed by atoms with Gasteiger partial charge in [0, 0.05) is 38.6 Å². The number of carbonyl (C=O) groups excluding carboxylic acids is 1. The SMILES string of the molecule is CN=C(NCCc1ccc(F)c(Br)c1)NC1CCN(C(=O)C(C)C)C1. The summed E-state index contributed by atoms with van der Waals surface area (Å²) in [7, 11) is 1.73. The quantitative estimate of drug-likeness (QED) is 0.576. The molecule has 7 heteroatoms. The second-order valence-corrected chi connectivity index (χ2v) is 7.42. The van der Waals surface area contributed by atoms with Gasteiger partial charge in [0.2, 0.25) is 5.91 Å². The second kappa shape index (κ2) is 9.17. The van der Waals surface area contributed by atoms with Gasteiger partial charge in [0.1, 0.15) is 5.82 Å². The summed E-state index contributed by atoms with van der Waals surface area (Å²) in [5, 5.41) is 6.64. The van der Waals surface area contributed by atoms with Gasteiger partial charge in [0.15, 0.2) is 5.96 Å². The van der Waals surface area contributed by atoms with E-state index in [0.29, 0.717) is 17.6 Å². The monoisotopic (exact) mass is 412 g/mol. The molecular weight excluding hydrogens is 387 g/mol. The lowest BCUT2D eigenvalue weighted by Crippen LogP contribution is -2.45. The van der Waals surface area contributed by atoms with Gasteiger partial charge in [-0.1, -0.05) is 19.9 Å². The average molecular weight is 413 g/mol. The van der Waals surface area contributed by atoms with E-state index in [9.17, 15) is 9.18 Å². The number of nitrogens with one attached hydrogen (secondary N) is 2. The first kappa shape index (κ1) is 19.7. The number of benzene rings is 1. The number of guanidine groups is 1. The van der Waals surface area contributed by atoms with Crippen LogP contribution in [0.1, 0.15) is 25.8 Å². The summed E-state index contributed by atoms with van der Waals surface area (Å²) in [6.07, 6.45) is 1.69. The van der Waals surface area contributed by atoms with Crippen LogP contribution >= 0.6 is 15.9 Å². The van der Waals surface area contributed by atoms with Crippen molar-refractivity contribution in [3.63, 3.8) is 0 Å². The lowest BCUT2D eigenvalue weighted by atomic mass is 10.1. The molecule has 2 rings (SSSR count). The van der Waals surface area contributed by atoms with Gasteiger partial charge in [0.25, 0.3) is 0 Å². The first-order valence-corrected chi connectivity index (χ1v) is 9.40. The minimum atomic E-state index is -0.254. The number of rotatable bonds is 5. The fourth-order valence-electron chi connectivity index (χ4n) is 2.85. The molecule has 1 unspecified atom stereocenters. The van der Waals surface area contributed by atoms with E-state index >= 15 is 0 Å². The van der Waals surface area contributed by atoms with Gasteiger partial charge >= 0.3 is 0 Å². The summed E-state index contributed by atoms with van der Waals surface area (Å²) in [6, 6.07) is 5.25. The highest BCUT2D eigenvalue weighted by Crippen LogP contribution is 2.17. The summed E-state index contributed by atoms with van der Waals surface area (Å²) in [5.74, 6) is 0.710. The molecule has 0 aliphatic carbocycles. The third kappa shape index (κ3) is 5.70. The molecule has 5 nitrogen and oxygen atoms in total. The van der Waals surface area contributed by atoms with Crippen molar-refractivity contribution in [2.24, 2.45) is 10.9 Å². The van der Waals surface area contributed by atoms with Crippen LogP contribution in [0.5, 0.6) is 0 Å². The summed E-state index contributed by atoms with van der Waals surface area (Å²) < 4.78 is 13.7. The van der Waals surface area contributed by atoms with Gasteiger partial charge in [-0.15, -0.1) is 0 Å². The maximum absolute atomic E-state index is 13.2. The van der Waals surface area contributed by atoms with Crippen LogP contribution in [0.4, 0.5) is 4.39 Å². The third-order valence-corrected chi connectivity index (χ3v) is 4.86. The highest BCUT2D eigenvalue weighted by molar-refractivity contribution is 9.10. The Labute approximate surface area is 157 Å². The van der Waals surface area contributed by atoms with Crippen molar-refractivity contribution in [2.75, 3.05) is 26.7 Å². The molecule has 1 amide bonds. The normalized spacial score (nSPS) is 17.9. The zero-order valence-electron chi connectivity index (χ0n) is 15.0. The van der Waals surface area contributed by atoms with Crippen molar-refractivity contribution < 1.29 is 9.18 Å². The van der Waals surface area contributed by atoms with E-state index in [-0.39, 0.29) is 23.7 Å². The van der Waals surface area contributed by atoms with E-state index in [1.807, 2.05) is 18.7 Å². The number of likely N-dealkylation sites (tertiary alicyclic amines) is 1. The van der Waals surface area contributed by atoms with E-state index in [1.165, 1.54) is 6.07 Å². The first-order chi connectivity index (χ1) is 11.9. The van der Waals surface area contributed by atoms with Crippen LogP contribution in [0.25, 0.3) is 0 Å². The Hall–Kier alpha value is -1.63. The number of amides is 1. The fraction of sp³-hybridized carbons (Fsp3) is 0.556. The van der Waals surface area contributed by atoms with Gasteiger partial charge in [-0.25, -0.2) is 4.39 Å². The molecule has 25 heavy (non-hydrogen) atoms. The van der Waals surface area contributed by atoms with Crippen molar-refractivity contribution >= 4 is 27.8 Å². The predicted molar refractivity (Wildman–Crippen MR) is 102 cm³/mol. The Bertz CT molecular complexity index is 636. The van der Waals surface area contributed by atoms with Gasteiger partial charge in [0.05, 0.1) is 4.47 Å². The molecule has 1 aliphatic heterocycles. The molecule has 0 radical (unpaired) electrons. The Balaban J connectivity index is 1.77. The lowest BCUT2D eigenvalue weighted by Gasteiger charge is -2.20. The Morgan fingerprint density at radius 3 is 2.88 bits per heavy atom. The number of hydrogen-bond donors (Lipinski definition) is 2. The van der Waals surface area contributed by atoms with Crippen LogP contribution in [0.15, 0.2) is 27.7 Å². The average Bonchev–Trinajstić information content (AvgIpc) is 3.04. The molecule has 0 aromatic heterocycles. The smallest absolute Gasteiger partial charge is 0.225 e. The standard InChI is InChI=1S/C18H26BrFN4O/c1-12(2)17(25)24-9-7-14(11-24)23-18(21-3)22-8-6-13-4-5-16(20)15(19)10-13/h4-5,10,12,14H,6-9,11H2,1-3H3,(H2,21,22,23). The molecule has 138 valence electrons. The van der Waals surface area contributed by atoms with Crippen LogP contribution in [-0.2, 0) is 11.2 Å². The van der Waals surface area contributed by atoms with E-state index < -0.39 is 0 Å². The number of hydrogen-bond acceptors (Lipinski definition) is 2. The van der Waals surface area contributed by atoms with Crippen LogP contribution in [0, 0.1) is 11.7 Å². The highest BCUT2D eigenvalue weighted by Gasteiger charge is 2.27. The van der Waals surface area contributed by atoms with Crippen LogP contribution < -0.4 is 10.6 Å². The topological polar surface area (TPSA) is 56.7 Å². The molecular formula is C18H26BrFN4O. The lowest BCUT2D eigenvalue weighted by molar-refractivity contribution is -0.133. The summed E-state index contributed by atoms with van der Waals surface area (Å²) in [5.41, 5.74) is 1.05. The number of halogens is 2. The maximum Gasteiger partial charge on any atom is 0.225 e. The molecule has 1 heterocycles. The zero-order valence-corrected chi connectivity index (χ0v) is 16.6. The Kier molecular flexibility index (Phi) is 7.23. The van der Waals surface area contributed by atoms with Gasteiger partial charge < -0.3 is 15.5 Å². The minimum Gasteiger partial charge on any atom is -0.356 e. The molecule has 2 N–H and O–H groups in total. The van der Waals surface area contributed by atoms with Gasteiger partial charge in [-0.05, 0) is 46.5 Å². The third-order valence-electron chi connectivity index (χ3n) is 4.25. The van der Waals surface area contributed by atoms with E-state index in [0.717, 1.165) is 30.9 Å². The second-order valence-electron chi connectivity index (χ2n) is 6.57. The fourth-order valence-corrected chi connectivity index (χ4v) is 3.28. The molecule has 1 aliphatic rings. The van der Waals surface area contributed by atoms with Crippen molar-refractivity contribution in [2.45, 2.75) is 32.7 Å².